The fraction of sp³-hybridized carbons (Fsp3) is 0.667. The number of alkyl carbamates (subject to hydrolysis) is 1. The van der Waals surface area contributed by atoms with Crippen molar-refractivity contribution in [1.82, 2.24) is 10.6 Å². The molecular weight excluding hydrogens is 236 g/mol. The Balaban J connectivity index is 2.57. The van der Waals surface area contributed by atoms with Crippen LogP contribution in [0.25, 0.3) is 0 Å². The van der Waals surface area contributed by atoms with E-state index in [-0.39, 0.29) is 12.5 Å². The molecule has 102 valence electrons. The molecule has 0 aromatic rings. The average Bonchev–Trinajstić information content (AvgIpc) is 2.60. The molecule has 0 saturated carbocycles. The number of carbonyl (C=O) groups is 2. The van der Waals surface area contributed by atoms with E-state index in [4.69, 9.17) is 4.74 Å². The van der Waals surface area contributed by atoms with E-state index >= 15 is 0 Å². The highest BCUT2D eigenvalue weighted by molar-refractivity contribution is 5.95. The molecule has 0 aliphatic carbocycles. The molecule has 0 aromatic heterocycles. The minimum Gasteiger partial charge on any atom is -0.444 e. The number of amides is 2. The highest BCUT2D eigenvalue weighted by Crippen LogP contribution is 2.10. The Bertz CT molecular complexity index is 358. The third-order valence-corrected chi connectivity index (χ3v) is 2.27. The van der Waals surface area contributed by atoms with Crippen molar-refractivity contribution in [3.05, 3.63) is 11.6 Å². The maximum atomic E-state index is 11.5. The van der Waals surface area contributed by atoms with Crippen LogP contribution in [0.5, 0.6) is 0 Å². The summed E-state index contributed by atoms with van der Waals surface area (Å²) in [7, 11) is 0. The second kappa shape index (κ2) is 5.86. The Hall–Kier alpha value is -1.56. The first-order valence-electron chi connectivity index (χ1n) is 5.91. The van der Waals surface area contributed by atoms with Crippen molar-refractivity contribution in [3.8, 4) is 0 Å². The lowest BCUT2D eigenvalue weighted by molar-refractivity contribution is -0.116. The van der Waals surface area contributed by atoms with Gasteiger partial charge in [-0.25, -0.2) is 4.79 Å². The van der Waals surface area contributed by atoms with Gasteiger partial charge in [0.25, 0.3) is 0 Å². The van der Waals surface area contributed by atoms with Gasteiger partial charge in [0.1, 0.15) is 5.60 Å². The Morgan fingerprint density at radius 3 is 2.72 bits per heavy atom. The molecule has 1 rings (SSSR count). The molecular formula is C12H20N2O4. The van der Waals surface area contributed by atoms with E-state index in [1.165, 1.54) is 0 Å². The molecule has 1 aliphatic heterocycles. The summed E-state index contributed by atoms with van der Waals surface area (Å²) in [6.45, 7) is 5.57. The van der Waals surface area contributed by atoms with Crippen LogP contribution in [-0.4, -0.2) is 41.9 Å². The summed E-state index contributed by atoms with van der Waals surface area (Å²) in [5, 5.41) is 14.3. The lowest BCUT2D eigenvalue weighted by Gasteiger charge is -2.21. The number of nitrogens with one attached hydrogen (secondary N) is 2. The zero-order chi connectivity index (χ0) is 13.8. The number of carbonyl (C=O) groups excluding carboxylic acids is 2. The summed E-state index contributed by atoms with van der Waals surface area (Å²) in [5.41, 5.74) is -0.0211. The predicted molar refractivity (Wildman–Crippen MR) is 66.0 cm³/mol. The van der Waals surface area contributed by atoms with E-state index in [9.17, 15) is 14.7 Å². The summed E-state index contributed by atoms with van der Waals surface area (Å²) >= 11 is 0. The van der Waals surface area contributed by atoms with Crippen LogP contribution in [0.15, 0.2) is 11.6 Å². The van der Waals surface area contributed by atoms with E-state index in [0.29, 0.717) is 18.5 Å². The summed E-state index contributed by atoms with van der Waals surface area (Å²) in [4.78, 5) is 22.8. The number of hydrogen-bond acceptors (Lipinski definition) is 4. The van der Waals surface area contributed by atoms with Crippen LogP contribution < -0.4 is 10.6 Å². The van der Waals surface area contributed by atoms with Crippen molar-refractivity contribution in [2.45, 2.75) is 38.8 Å². The zero-order valence-corrected chi connectivity index (χ0v) is 10.9. The Morgan fingerprint density at radius 1 is 1.61 bits per heavy atom. The summed E-state index contributed by atoms with van der Waals surface area (Å²) in [6.07, 6.45) is 1.55. The first-order valence-corrected chi connectivity index (χ1v) is 5.91. The van der Waals surface area contributed by atoms with Gasteiger partial charge in [0.15, 0.2) is 0 Å². The largest absolute Gasteiger partial charge is 0.444 e. The first-order chi connectivity index (χ1) is 8.31. The van der Waals surface area contributed by atoms with E-state index in [1.807, 2.05) is 0 Å². The van der Waals surface area contributed by atoms with Crippen molar-refractivity contribution in [2.24, 2.45) is 0 Å². The second-order valence-corrected chi connectivity index (χ2v) is 5.13. The third-order valence-electron chi connectivity index (χ3n) is 2.27. The average molecular weight is 256 g/mol. The van der Waals surface area contributed by atoms with Crippen LogP contribution >= 0.6 is 0 Å². The number of aliphatic hydroxyl groups is 1. The second-order valence-electron chi connectivity index (χ2n) is 5.13. The van der Waals surface area contributed by atoms with Crippen LogP contribution in [0.4, 0.5) is 4.79 Å². The highest BCUT2D eigenvalue weighted by atomic mass is 16.6. The topological polar surface area (TPSA) is 87.7 Å². The number of ether oxygens (including phenoxy) is 1. The molecule has 6 heteroatoms. The van der Waals surface area contributed by atoms with Crippen LogP contribution in [0, 0.1) is 0 Å². The normalized spacial score (nSPS) is 19.6. The van der Waals surface area contributed by atoms with Crippen LogP contribution in [-0.2, 0) is 9.53 Å². The molecule has 1 aliphatic rings. The van der Waals surface area contributed by atoms with Crippen molar-refractivity contribution in [3.63, 3.8) is 0 Å². The Labute approximate surface area is 106 Å². The van der Waals surface area contributed by atoms with Gasteiger partial charge in [0, 0.05) is 12.1 Å². The lowest BCUT2D eigenvalue weighted by atomic mass is 10.1. The molecule has 6 nitrogen and oxygen atoms in total. The molecule has 18 heavy (non-hydrogen) atoms. The zero-order valence-electron chi connectivity index (χ0n) is 10.9. The van der Waals surface area contributed by atoms with Crippen molar-refractivity contribution in [1.29, 1.82) is 0 Å². The molecule has 1 saturated heterocycles. The Kier molecular flexibility index (Phi) is 4.72. The minimum atomic E-state index is -0.614. The van der Waals surface area contributed by atoms with Gasteiger partial charge in [0.05, 0.1) is 12.6 Å². The van der Waals surface area contributed by atoms with Crippen molar-refractivity contribution >= 4 is 12.0 Å². The van der Waals surface area contributed by atoms with Gasteiger partial charge < -0.3 is 20.5 Å². The van der Waals surface area contributed by atoms with Gasteiger partial charge in [-0.2, -0.15) is 0 Å². The summed E-state index contributed by atoms with van der Waals surface area (Å²) < 4.78 is 5.07. The maximum Gasteiger partial charge on any atom is 0.408 e. The molecule has 1 fully saturated rings. The van der Waals surface area contributed by atoms with Gasteiger partial charge in [-0.1, -0.05) is 6.08 Å². The van der Waals surface area contributed by atoms with Crippen molar-refractivity contribution < 1.29 is 19.4 Å². The minimum absolute atomic E-state index is 0.153. The quantitative estimate of drug-likeness (QED) is 0.634. The van der Waals surface area contributed by atoms with Crippen LogP contribution in [0.1, 0.15) is 27.2 Å². The van der Waals surface area contributed by atoms with E-state index in [1.54, 1.807) is 26.8 Å². The highest BCUT2D eigenvalue weighted by Gasteiger charge is 2.21. The van der Waals surface area contributed by atoms with Gasteiger partial charge >= 0.3 is 6.09 Å². The molecule has 0 bridgehead atoms. The fourth-order valence-electron chi connectivity index (χ4n) is 1.54. The fourth-order valence-corrected chi connectivity index (χ4v) is 1.54. The molecule has 2 amide bonds. The van der Waals surface area contributed by atoms with Gasteiger partial charge in [-0.15, -0.1) is 0 Å². The smallest absolute Gasteiger partial charge is 0.408 e. The molecule has 1 heterocycles. The van der Waals surface area contributed by atoms with E-state index < -0.39 is 17.7 Å². The summed E-state index contributed by atoms with van der Waals surface area (Å²) in [5.74, 6) is -0.153. The molecule has 0 spiro atoms. The number of rotatable bonds is 3. The number of aliphatic hydroxyl groups excluding tert-OH is 1. The van der Waals surface area contributed by atoms with Gasteiger partial charge in [0.2, 0.25) is 5.91 Å². The van der Waals surface area contributed by atoms with Crippen molar-refractivity contribution in [2.75, 3.05) is 13.2 Å². The number of hydrogen-bond donors (Lipinski definition) is 3. The van der Waals surface area contributed by atoms with E-state index in [2.05, 4.69) is 10.6 Å². The molecule has 0 radical (unpaired) electrons. The SMILES string of the molecule is CC(C)(C)OC(=O)NC(C=C1CCNC1=O)CO. The van der Waals surface area contributed by atoms with Gasteiger partial charge in [-0.05, 0) is 27.2 Å². The molecule has 0 aromatic carbocycles. The molecule has 1 unspecified atom stereocenters. The van der Waals surface area contributed by atoms with Crippen LogP contribution in [0.2, 0.25) is 0 Å². The first kappa shape index (κ1) is 14.5. The van der Waals surface area contributed by atoms with Gasteiger partial charge in [-0.3, -0.25) is 4.79 Å². The standard InChI is InChI=1S/C12H20N2O4/c1-12(2,3)18-11(17)14-9(7-15)6-8-4-5-13-10(8)16/h6,9,15H,4-5,7H2,1-3H3,(H,13,16)(H,14,17). The monoisotopic (exact) mass is 256 g/mol. The Morgan fingerprint density at radius 2 is 2.28 bits per heavy atom. The third kappa shape index (κ3) is 4.75. The molecule has 3 N–H and O–H groups in total. The predicted octanol–water partition coefficient (Wildman–Crippen LogP) is 0.318. The maximum absolute atomic E-state index is 11.5. The van der Waals surface area contributed by atoms with E-state index in [0.717, 1.165) is 0 Å². The lowest BCUT2D eigenvalue weighted by Crippen LogP contribution is -2.40. The summed E-state index contributed by atoms with van der Waals surface area (Å²) in [6, 6.07) is -0.612. The van der Waals surface area contributed by atoms with Crippen LogP contribution in [0.3, 0.4) is 0 Å². The molecule has 1 atom stereocenters.